The predicted molar refractivity (Wildman–Crippen MR) is 92.2 cm³/mol. The van der Waals surface area contributed by atoms with Gasteiger partial charge in [0.05, 0.1) is 6.42 Å². The number of esters is 1. The topological polar surface area (TPSA) is 52.3 Å². The first-order chi connectivity index (χ1) is 11.3. The second-order valence-corrected chi connectivity index (χ2v) is 7.55. The number of benzene rings is 1. The molecule has 3 nitrogen and oxygen atoms in total. The van der Waals surface area contributed by atoms with Crippen molar-refractivity contribution in [3.63, 3.8) is 0 Å². The van der Waals surface area contributed by atoms with Crippen molar-refractivity contribution in [3.8, 4) is 0 Å². The van der Waals surface area contributed by atoms with Crippen molar-refractivity contribution in [3.05, 3.63) is 35.4 Å². The number of carbonyl (C=O) groups is 1. The third kappa shape index (κ3) is 7.90. The summed E-state index contributed by atoms with van der Waals surface area (Å²) in [4.78, 5) is 12.3. The van der Waals surface area contributed by atoms with Crippen molar-refractivity contribution < 1.29 is 22.7 Å². The molecule has 2 N–H and O–H groups in total. The summed E-state index contributed by atoms with van der Waals surface area (Å²) in [5.41, 5.74) is 4.54. The molecule has 25 heavy (non-hydrogen) atoms. The van der Waals surface area contributed by atoms with E-state index in [1.165, 1.54) is 0 Å². The third-order valence-electron chi connectivity index (χ3n) is 3.68. The highest BCUT2D eigenvalue weighted by Gasteiger charge is 2.47. The van der Waals surface area contributed by atoms with Crippen molar-refractivity contribution in [1.29, 1.82) is 0 Å². The monoisotopic (exact) mass is 359 g/mol. The Kier molecular flexibility index (Phi) is 7.06. The number of halogens is 3. The lowest BCUT2D eigenvalue weighted by Gasteiger charge is -2.32. The minimum Gasteiger partial charge on any atom is -0.459 e. The number of hydrogen-bond donors (Lipinski definition) is 1. The minimum atomic E-state index is -4.56. The van der Waals surface area contributed by atoms with Crippen LogP contribution in [0, 0.1) is 0 Å². The first-order valence-corrected chi connectivity index (χ1v) is 8.51. The van der Waals surface area contributed by atoms with Gasteiger partial charge in [-0.25, -0.2) is 0 Å². The second kappa shape index (κ2) is 8.21. The van der Waals surface area contributed by atoms with Crippen molar-refractivity contribution in [2.75, 3.05) is 0 Å². The number of nitrogens with two attached hydrogens (primary N) is 1. The molecule has 0 aliphatic carbocycles. The highest BCUT2D eigenvalue weighted by Crippen LogP contribution is 2.30. The molecule has 1 aromatic carbocycles. The van der Waals surface area contributed by atoms with Crippen LogP contribution in [0.4, 0.5) is 13.2 Å². The van der Waals surface area contributed by atoms with Gasteiger partial charge in [-0.2, -0.15) is 13.2 Å². The van der Waals surface area contributed by atoms with Crippen molar-refractivity contribution in [1.82, 2.24) is 0 Å². The molecule has 0 bridgehead atoms. The number of hydrogen-bond acceptors (Lipinski definition) is 3. The quantitative estimate of drug-likeness (QED) is 0.726. The van der Waals surface area contributed by atoms with Crippen LogP contribution in [0.3, 0.4) is 0 Å². The number of rotatable bonds is 7. The van der Waals surface area contributed by atoms with Gasteiger partial charge in [-0.05, 0) is 44.7 Å². The largest absolute Gasteiger partial charge is 0.459 e. The van der Waals surface area contributed by atoms with E-state index >= 15 is 0 Å². The summed E-state index contributed by atoms with van der Waals surface area (Å²) < 4.78 is 44.0. The zero-order chi connectivity index (χ0) is 19.3. The summed E-state index contributed by atoms with van der Waals surface area (Å²) in [6, 6.07) is 7.20. The van der Waals surface area contributed by atoms with Gasteiger partial charge >= 0.3 is 12.1 Å². The standard InChI is InChI=1S/C19H28F3NO2/c1-5-6-7-14-8-10-15(11-9-14)12-18(23,13-19(20,21)22)16(24)25-17(2,3)4/h8-11H,5-7,12-13,23H2,1-4H3/t18-/m1/s1. The molecule has 0 aromatic heterocycles. The molecule has 1 atom stereocenters. The van der Waals surface area contributed by atoms with Gasteiger partial charge in [-0.15, -0.1) is 0 Å². The summed E-state index contributed by atoms with van der Waals surface area (Å²) >= 11 is 0. The molecule has 0 amide bonds. The van der Waals surface area contributed by atoms with E-state index < -0.39 is 29.7 Å². The summed E-state index contributed by atoms with van der Waals surface area (Å²) in [5.74, 6) is -1.03. The molecular weight excluding hydrogens is 331 g/mol. The van der Waals surface area contributed by atoms with Crippen molar-refractivity contribution in [2.45, 2.75) is 77.1 Å². The van der Waals surface area contributed by atoms with Crippen LogP contribution in [0.1, 0.15) is 58.1 Å². The maximum atomic E-state index is 13.0. The Balaban J connectivity index is 2.98. The van der Waals surface area contributed by atoms with E-state index in [-0.39, 0.29) is 6.42 Å². The fraction of sp³-hybridized carbons (Fsp3) is 0.632. The molecule has 0 radical (unpaired) electrons. The lowest BCUT2D eigenvalue weighted by atomic mass is 9.87. The fourth-order valence-corrected chi connectivity index (χ4v) is 2.51. The van der Waals surface area contributed by atoms with E-state index in [1.807, 2.05) is 12.1 Å². The number of alkyl halides is 3. The van der Waals surface area contributed by atoms with Gasteiger partial charge in [0.15, 0.2) is 0 Å². The molecule has 0 saturated carbocycles. The number of aryl methyl sites for hydroxylation is 1. The van der Waals surface area contributed by atoms with Crippen LogP contribution < -0.4 is 5.73 Å². The van der Waals surface area contributed by atoms with Crippen LogP contribution in [0.5, 0.6) is 0 Å². The van der Waals surface area contributed by atoms with Gasteiger partial charge in [-0.3, -0.25) is 4.79 Å². The molecule has 0 aliphatic rings. The summed E-state index contributed by atoms with van der Waals surface area (Å²) in [6.07, 6.45) is -3.18. The average molecular weight is 359 g/mol. The Morgan fingerprint density at radius 2 is 1.60 bits per heavy atom. The molecule has 0 aliphatic heterocycles. The molecule has 0 unspecified atom stereocenters. The Morgan fingerprint density at radius 3 is 2.04 bits per heavy atom. The van der Waals surface area contributed by atoms with Gasteiger partial charge in [0.25, 0.3) is 0 Å². The maximum Gasteiger partial charge on any atom is 0.391 e. The smallest absolute Gasteiger partial charge is 0.391 e. The van der Waals surface area contributed by atoms with E-state index in [1.54, 1.807) is 32.9 Å². The predicted octanol–water partition coefficient (Wildman–Crippen LogP) is 4.56. The van der Waals surface area contributed by atoms with Gasteiger partial charge < -0.3 is 10.5 Å². The normalized spacial score (nSPS) is 14.9. The lowest BCUT2D eigenvalue weighted by molar-refractivity contribution is -0.179. The van der Waals surface area contributed by atoms with Gasteiger partial charge in [-0.1, -0.05) is 37.6 Å². The van der Waals surface area contributed by atoms with Gasteiger partial charge in [0, 0.05) is 6.42 Å². The highest BCUT2D eigenvalue weighted by molar-refractivity contribution is 5.81. The number of ether oxygens (including phenoxy) is 1. The molecule has 0 heterocycles. The van der Waals surface area contributed by atoms with Crippen LogP contribution in [0.15, 0.2) is 24.3 Å². The SMILES string of the molecule is CCCCc1ccc(C[C@@](N)(CC(F)(F)F)C(=O)OC(C)(C)C)cc1. The molecule has 0 spiro atoms. The zero-order valence-electron chi connectivity index (χ0n) is 15.4. The minimum absolute atomic E-state index is 0.227. The van der Waals surface area contributed by atoms with E-state index in [0.29, 0.717) is 5.56 Å². The van der Waals surface area contributed by atoms with E-state index in [4.69, 9.17) is 10.5 Å². The highest BCUT2D eigenvalue weighted by atomic mass is 19.4. The number of unbranched alkanes of at least 4 members (excludes halogenated alkanes) is 1. The molecule has 0 saturated heterocycles. The first kappa shape index (κ1) is 21.5. The number of carbonyl (C=O) groups excluding carboxylic acids is 1. The van der Waals surface area contributed by atoms with Crippen LogP contribution in [-0.2, 0) is 22.4 Å². The molecule has 6 heteroatoms. The fourth-order valence-electron chi connectivity index (χ4n) is 2.51. The Bertz CT molecular complexity index is 562. The third-order valence-corrected chi connectivity index (χ3v) is 3.68. The summed E-state index contributed by atoms with van der Waals surface area (Å²) in [6.45, 7) is 6.89. The Morgan fingerprint density at radius 1 is 1.08 bits per heavy atom. The van der Waals surface area contributed by atoms with Crippen LogP contribution in [0.2, 0.25) is 0 Å². The second-order valence-electron chi connectivity index (χ2n) is 7.55. The van der Waals surface area contributed by atoms with Gasteiger partial charge in [0.1, 0.15) is 11.1 Å². The molecule has 1 rings (SSSR count). The summed E-state index contributed by atoms with van der Waals surface area (Å²) in [5, 5.41) is 0. The lowest BCUT2D eigenvalue weighted by Crippen LogP contribution is -2.55. The summed E-state index contributed by atoms with van der Waals surface area (Å²) in [7, 11) is 0. The molecule has 0 fully saturated rings. The Hall–Kier alpha value is -1.56. The van der Waals surface area contributed by atoms with E-state index in [0.717, 1.165) is 24.8 Å². The molecule has 1 aromatic rings. The first-order valence-electron chi connectivity index (χ1n) is 8.51. The zero-order valence-corrected chi connectivity index (χ0v) is 15.4. The van der Waals surface area contributed by atoms with Crippen molar-refractivity contribution >= 4 is 5.97 Å². The maximum absolute atomic E-state index is 13.0. The van der Waals surface area contributed by atoms with Crippen molar-refractivity contribution in [2.24, 2.45) is 5.73 Å². The molecule has 142 valence electrons. The average Bonchev–Trinajstić information content (AvgIpc) is 2.42. The van der Waals surface area contributed by atoms with Crippen LogP contribution in [-0.4, -0.2) is 23.3 Å². The van der Waals surface area contributed by atoms with E-state index in [2.05, 4.69) is 6.92 Å². The van der Waals surface area contributed by atoms with Crippen LogP contribution in [0.25, 0.3) is 0 Å². The van der Waals surface area contributed by atoms with Gasteiger partial charge in [0.2, 0.25) is 0 Å². The van der Waals surface area contributed by atoms with Crippen LogP contribution >= 0.6 is 0 Å². The Labute approximate surface area is 147 Å². The van der Waals surface area contributed by atoms with E-state index in [9.17, 15) is 18.0 Å². The molecular formula is C19H28F3NO2.